The molecule has 0 radical (unpaired) electrons. The van der Waals surface area contributed by atoms with Crippen molar-refractivity contribution < 1.29 is 9.84 Å². The van der Waals surface area contributed by atoms with Crippen molar-refractivity contribution in [3.63, 3.8) is 0 Å². The molecule has 1 aliphatic rings. The number of aliphatic hydroxyl groups excluding tert-OH is 1. The minimum Gasteiger partial charge on any atom is -0.389 e. The van der Waals surface area contributed by atoms with Gasteiger partial charge in [0, 0.05) is 17.1 Å². The van der Waals surface area contributed by atoms with Gasteiger partial charge in [0.15, 0.2) is 0 Å². The number of hydrogen-bond acceptors (Lipinski definition) is 5. The minimum absolute atomic E-state index is 0.0482. The van der Waals surface area contributed by atoms with E-state index in [4.69, 9.17) is 4.74 Å². The summed E-state index contributed by atoms with van der Waals surface area (Å²) in [6, 6.07) is 0.274. The van der Waals surface area contributed by atoms with Crippen molar-refractivity contribution >= 4 is 11.3 Å². The molecule has 1 saturated heterocycles. The van der Waals surface area contributed by atoms with Crippen LogP contribution in [-0.4, -0.2) is 35.5 Å². The number of hydrogen-bond donors (Lipinski definition) is 2. The smallest absolute Gasteiger partial charge is 0.0948 e. The number of rotatable bonds is 3. The summed E-state index contributed by atoms with van der Waals surface area (Å²) in [6.07, 6.45) is 1.47. The van der Waals surface area contributed by atoms with Crippen LogP contribution in [0.5, 0.6) is 0 Å². The number of nitrogens with zero attached hydrogens (tertiary/aromatic N) is 1. The third kappa shape index (κ3) is 2.12. The molecule has 0 spiro atoms. The Labute approximate surface area is 86.9 Å². The Morgan fingerprint density at radius 3 is 3.14 bits per heavy atom. The van der Waals surface area contributed by atoms with E-state index in [9.17, 15) is 5.11 Å². The van der Waals surface area contributed by atoms with Crippen LogP contribution >= 0.6 is 11.3 Å². The Balaban J connectivity index is 1.91. The van der Waals surface area contributed by atoms with Gasteiger partial charge in [-0.25, -0.2) is 0 Å². The molecule has 2 N–H and O–H groups in total. The highest BCUT2D eigenvalue weighted by atomic mass is 32.1. The minimum atomic E-state index is -0.384. The Bertz CT molecular complexity index is 278. The average molecular weight is 214 g/mol. The van der Waals surface area contributed by atoms with Crippen LogP contribution in [0.1, 0.15) is 17.8 Å². The van der Waals surface area contributed by atoms with E-state index < -0.39 is 0 Å². The number of ether oxygens (including phenoxy) is 1. The molecule has 0 amide bonds. The predicted octanol–water partition coefficient (Wildman–Crippen LogP) is 0.553. The molecule has 0 aliphatic carbocycles. The fraction of sp³-hybridized carbons (Fsp3) is 0.667. The van der Waals surface area contributed by atoms with Crippen LogP contribution in [0.4, 0.5) is 0 Å². The van der Waals surface area contributed by atoms with Gasteiger partial charge in [0.25, 0.3) is 0 Å². The van der Waals surface area contributed by atoms with Gasteiger partial charge in [0.1, 0.15) is 0 Å². The van der Waals surface area contributed by atoms with E-state index in [1.54, 1.807) is 11.3 Å². The fourth-order valence-corrected chi connectivity index (χ4v) is 2.18. The summed E-state index contributed by atoms with van der Waals surface area (Å²) in [5.74, 6) is 0. The largest absolute Gasteiger partial charge is 0.389 e. The maximum atomic E-state index is 9.54. The number of aromatic nitrogens is 1. The van der Waals surface area contributed by atoms with Gasteiger partial charge in [-0.1, -0.05) is 0 Å². The lowest BCUT2D eigenvalue weighted by Gasteiger charge is -2.19. The zero-order chi connectivity index (χ0) is 9.97. The molecule has 0 saturated carbocycles. The predicted molar refractivity (Wildman–Crippen MR) is 54.3 cm³/mol. The highest BCUT2D eigenvalue weighted by Crippen LogP contribution is 2.18. The van der Waals surface area contributed by atoms with Crippen LogP contribution in [0, 0.1) is 0 Å². The van der Waals surface area contributed by atoms with Gasteiger partial charge >= 0.3 is 0 Å². The monoisotopic (exact) mass is 214 g/mol. The van der Waals surface area contributed by atoms with Crippen LogP contribution in [0.25, 0.3) is 0 Å². The second kappa shape index (κ2) is 4.35. The van der Waals surface area contributed by atoms with Crippen molar-refractivity contribution in [3.8, 4) is 0 Å². The van der Waals surface area contributed by atoms with Crippen LogP contribution in [-0.2, 0) is 4.74 Å². The van der Waals surface area contributed by atoms with E-state index >= 15 is 0 Å². The Morgan fingerprint density at radius 1 is 1.71 bits per heavy atom. The van der Waals surface area contributed by atoms with Crippen molar-refractivity contribution in [1.29, 1.82) is 0 Å². The molecule has 14 heavy (non-hydrogen) atoms. The topological polar surface area (TPSA) is 54.4 Å². The second-order valence-corrected chi connectivity index (χ2v) is 4.42. The molecule has 3 atom stereocenters. The molecule has 1 aromatic rings. The summed E-state index contributed by atoms with van der Waals surface area (Å²) in [5, 5.41) is 12.9. The van der Waals surface area contributed by atoms with Gasteiger partial charge in [0.2, 0.25) is 0 Å². The van der Waals surface area contributed by atoms with Crippen molar-refractivity contribution in [1.82, 2.24) is 10.3 Å². The lowest BCUT2D eigenvalue weighted by atomic mass is 10.2. The first-order valence-corrected chi connectivity index (χ1v) is 5.55. The highest BCUT2D eigenvalue weighted by molar-refractivity contribution is 7.09. The van der Waals surface area contributed by atoms with Gasteiger partial charge in [-0.3, -0.25) is 4.98 Å². The fourth-order valence-electron chi connectivity index (χ4n) is 1.54. The molecule has 1 aliphatic heterocycles. The summed E-state index contributed by atoms with van der Waals surface area (Å²) in [7, 11) is 0. The molecule has 1 unspecified atom stereocenters. The first-order chi connectivity index (χ1) is 6.77. The molecule has 5 heteroatoms. The second-order valence-electron chi connectivity index (χ2n) is 3.50. The van der Waals surface area contributed by atoms with Crippen LogP contribution in [0.3, 0.4) is 0 Å². The van der Waals surface area contributed by atoms with Crippen molar-refractivity contribution in [3.05, 3.63) is 16.6 Å². The normalized spacial score (nSPS) is 29.3. The molecule has 4 nitrogen and oxygen atoms in total. The van der Waals surface area contributed by atoms with E-state index in [0.29, 0.717) is 13.2 Å². The molecule has 1 fully saturated rings. The van der Waals surface area contributed by atoms with Gasteiger partial charge in [-0.15, -0.1) is 11.3 Å². The zero-order valence-electron chi connectivity index (χ0n) is 8.01. The quantitative estimate of drug-likeness (QED) is 0.771. The first kappa shape index (κ1) is 10.0. The standard InChI is InChI=1S/C9H14N2O2S/c1-6(9-2-10-5-14-9)11-7-3-13-4-8(7)12/h2,5-8,11-12H,3-4H2,1H3/t6?,7-,8-/m1/s1. The zero-order valence-corrected chi connectivity index (χ0v) is 8.83. The van der Waals surface area contributed by atoms with E-state index in [1.807, 2.05) is 11.7 Å². The van der Waals surface area contributed by atoms with Gasteiger partial charge < -0.3 is 15.2 Å². The van der Waals surface area contributed by atoms with E-state index in [1.165, 1.54) is 4.88 Å². The number of aliphatic hydroxyl groups is 1. The Hall–Kier alpha value is -0.490. The Kier molecular flexibility index (Phi) is 3.12. The lowest BCUT2D eigenvalue weighted by molar-refractivity contribution is 0.121. The maximum absolute atomic E-state index is 9.54. The van der Waals surface area contributed by atoms with E-state index in [2.05, 4.69) is 17.2 Å². The Morgan fingerprint density at radius 2 is 2.57 bits per heavy atom. The number of thiazole rings is 1. The summed E-state index contributed by atoms with van der Waals surface area (Å²) in [5.41, 5.74) is 1.81. The van der Waals surface area contributed by atoms with Gasteiger partial charge in [-0.2, -0.15) is 0 Å². The SMILES string of the molecule is CC(N[C@@H]1COC[C@H]1O)c1cncs1. The van der Waals surface area contributed by atoms with Crippen LogP contribution < -0.4 is 5.32 Å². The van der Waals surface area contributed by atoms with Crippen molar-refractivity contribution in [2.24, 2.45) is 0 Å². The van der Waals surface area contributed by atoms with Crippen LogP contribution in [0.15, 0.2) is 11.7 Å². The lowest BCUT2D eigenvalue weighted by Crippen LogP contribution is -2.39. The average Bonchev–Trinajstić information content (AvgIpc) is 2.77. The molecular weight excluding hydrogens is 200 g/mol. The summed E-state index contributed by atoms with van der Waals surface area (Å²) >= 11 is 1.62. The maximum Gasteiger partial charge on any atom is 0.0948 e. The molecule has 0 bridgehead atoms. The highest BCUT2D eigenvalue weighted by Gasteiger charge is 2.27. The molecule has 0 aromatic carbocycles. The molecule has 2 rings (SSSR count). The molecule has 1 aromatic heterocycles. The first-order valence-electron chi connectivity index (χ1n) is 4.67. The van der Waals surface area contributed by atoms with Crippen LogP contribution in [0.2, 0.25) is 0 Å². The van der Waals surface area contributed by atoms with E-state index in [-0.39, 0.29) is 18.2 Å². The van der Waals surface area contributed by atoms with Crippen molar-refractivity contribution in [2.45, 2.75) is 25.1 Å². The summed E-state index contributed by atoms with van der Waals surface area (Å²) in [4.78, 5) is 5.21. The van der Waals surface area contributed by atoms with Gasteiger partial charge in [0.05, 0.1) is 30.9 Å². The van der Waals surface area contributed by atoms with Crippen molar-refractivity contribution in [2.75, 3.05) is 13.2 Å². The molecule has 2 heterocycles. The van der Waals surface area contributed by atoms with E-state index in [0.717, 1.165) is 0 Å². The number of nitrogens with one attached hydrogen (secondary N) is 1. The summed E-state index contributed by atoms with van der Waals surface area (Å²) < 4.78 is 5.16. The third-order valence-corrected chi connectivity index (χ3v) is 3.35. The molecular formula is C9H14N2O2S. The molecule has 78 valence electrons. The summed E-state index contributed by atoms with van der Waals surface area (Å²) in [6.45, 7) is 3.09. The van der Waals surface area contributed by atoms with Gasteiger partial charge in [-0.05, 0) is 6.92 Å². The third-order valence-electron chi connectivity index (χ3n) is 2.39.